The Bertz CT molecular complexity index is 2210. The van der Waals surface area contributed by atoms with Crippen LogP contribution in [-0.4, -0.2) is 54.0 Å². The van der Waals surface area contributed by atoms with Crippen molar-refractivity contribution in [2.24, 2.45) is 10.7 Å². The van der Waals surface area contributed by atoms with Crippen LogP contribution in [0.2, 0.25) is 0 Å². The van der Waals surface area contributed by atoms with Crippen molar-refractivity contribution >= 4 is 72.8 Å². The van der Waals surface area contributed by atoms with E-state index in [9.17, 15) is 0 Å². The maximum Gasteiger partial charge on any atom is 1.00 e. The summed E-state index contributed by atoms with van der Waals surface area (Å²) in [4.78, 5) is 46.5. The summed E-state index contributed by atoms with van der Waals surface area (Å²) < 4.78 is 4.37. The minimum Gasteiger partial charge on any atom is -1.00 e. The van der Waals surface area contributed by atoms with Crippen LogP contribution in [-0.2, 0) is 39.7 Å². The van der Waals surface area contributed by atoms with E-state index in [-0.39, 0.29) is 166 Å². The number of nitrogens with two attached hydrogens (primary N) is 1. The molecule has 0 fully saturated rings. The Hall–Kier alpha value is -1.78. The zero-order valence-corrected chi connectivity index (χ0v) is 49.7. The van der Waals surface area contributed by atoms with Crippen LogP contribution >= 0.6 is 31.9 Å². The van der Waals surface area contributed by atoms with Crippen molar-refractivity contribution in [3.05, 3.63) is 173 Å². The number of hydrogen-bond acceptors (Lipinski definition) is 9. The monoisotopic (exact) mass is 1260 g/mol. The second-order valence-electron chi connectivity index (χ2n) is 10.6. The third-order valence-corrected chi connectivity index (χ3v) is 8.24. The number of halogens is 2. The minimum absolute atomic E-state index is 0. The number of benzene rings is 4. The predicted octanol–water partition coefficient (Wildman–Crippen LogP) is 2.15. The fourth-order valence-corrected chi connectivity index (χ4v) is 4.78. The number of fused-ring (bicyclic) bond motifs is 1. The van der Waals surface area contributed by atoms with Gasteiger partial charge in [0.2, 0.25) is 0 Å². The molecule has 0 saturated carbocycles. The molecule has 7 aromatic rings. The molecule has 0 unspecified atom stereocenters. The second kappa shape index (κ2) is 35.8. The summed E-state index contributed by atoms with van der Waals surface area (Å²) >= 11 is 6.70. The zero-order valence-electron chi connectivity index (χ0n) is 33.4. The number of carbonyl (C=O) groups excluding carboxylic acids is 1. The van der Waals surface area contributed by atoms with Crippen LogP contribution in [0, 0.1) is 0 Å². The van der Waals surface area contributed by atoms with Crippen molar-refractivity contribution in [3.8, 4) is 17.1 Å². The van der Waals surface area contributed by atoms with Crippen LogP contribution in [0.5, 0.6) is 0 Å². The molecule has 0 saturated heterocycles. The number of carboxylic acids is 2. The first-order chi connectivity index (χ1) is 27.0. The number of para-hydroxylation sites is 4. The molecule has 4 aromatic carbocycles. The van der Waals surface area contributed by atoms with E-state index in [1.807, 2.05) is 121 Å². The third kappa shape index (κ3) is 25.1. The summed E-state index contributed by atoms with van der Waals surface area (Å²) in [5.41, 5.74) is 11.7. The molecule has 13 nitrogen and oxygen atoms in total. The minimum atomic E-state index is -0.833. The van der Waals surface area contributed by atoms with Crippen LogP contribution in [0.1, 0.15) is 20.8 Å². The van der Waals surface area contributed by atoms with Gasteiger partial charge in [0.05, 0.1) is 16.7 Å². The molecular formula is C41H38Br2Cs2N6O7Pd. The van der Waals surface area contributed by atoms with Crippen LogP contribution in [0.3, 0.4) is 0 Å². The quantitative estimate of drug-likeness (QED) is 0.0569. The van der Waals surface area contributed by atoms with Gasteiger partial charge >= 0.3 is 138 Å². The number of amidine groups is 1. The molecule has 0 aliphatic heterocycles. The first-order valence-electron chi connectivity index (χ1n) is 16.2. The maximum atomic E-state index is 9.00. The molecule has 0 aliphatic carbocycles. The van der Waals surface area contributed by atoms with Crippen molar-refractivity contribution in [3.63, 3.8) is 0 Å². The van der Waals surface area contributed by atoms with Gasteiger partial charge in [-0.1, -0.05) is 60.7 Å². The van der Waals surface area contributed by atoms with Gasteiger partial charge in [-0.25, -0.2) is 9.98 Å². The van der Waals surface area contributed by atoms with Gasteiger partial charge in [-0.3, -0.25) is 28.9 Å². The van der Waals surface area contributed by atoms with Crippen molar-refractivity contribution < 1.29 is 194 Å². The molecule has 59 heavy (non-hydrogen) atoms. The number of rotatable bonds is 5. The summed E-state index contributed by atoms with van der Waals surface area (Å²) in [6, 6.07) is 43.7. The number of hydrogen-bond donors (Lipinski definition) is 3. The summed E-state index contributed by atoms with van der Waals surface area (Å²) in [5.74, 6) is -0.273. The van der Waals surface area contributed by atoms with E-state index in [1.165, 1.54) is 0 Å². The molecule has 3 aromatic heterocycles. The molecule has 0 amide bonds. The van der Waals surface area contributed by atoms with E-state index in [1.54, 1.807) is 18.6 Å². The van der Waals surface area contributed by atoms with Crippen molar-refractivity contribution in [2.45, 2.75) is 13.8 Å². The molecular weight excluding hydrogens is 1220 g/mol. The van der Waals surface area contributed by atoms with Crippen LogP contribution in [0.4, 0.5) is 5.69 Å². The van der Waals surface area contributed by atoms with Gasteiger partial charge in [0.25, 0.3) is 18.4 Å². The zero-order chi connectivity index (χ0) is 41.1. The molecule has 0 radical (unpaired) electrons. The van der Waals surface area contributed by atoms with Crippen LogP contribution < -0.4 is 149 Å². The van der Waals surface area contributed by atoms with E-state index in [0.29, 0.717) is 5.84 Å². The molecule has 0 aliphatic rings. The van der Waals surface area contributed by atoms with E-state index in [4.69, 9.17) is 40.6 Å². The number of imidazole rings is 1. The predicted molar refractivity (Wildman–Crippen MR) is 222 cm³/mol. The van der Waals surface area contributed by atoms with Crippen molar-refractivity contribution in [2.75, 3.05) is 0 Å². The molecule has 0 bridgehead atoms. The Balaban J connectivity index is -0.000000733. The smallest absolute Gasteiger partial charge is 1.00 e. The summed E-state index contributed by atoms with van der Waals surface area (Å²) in [6.07, 6.45) is 7.03. The largest absolute Gasteiger partial charge is 1.00 e. The number of nitrogens with zero attached hydrogens (tertiary/aromatic N) is 5. The number of aliphatic carboxylic acids is 2. The first-order valence-corrected chi connectivity index (χ1v) is 17.8. The van der Waals surface area contributed by atoms with Gasteiger partial charge in [0.1, 0.15) is 11.7 Å². The maximum absolute atomic E-state index is 9.00. The summed E-state index contributed by atoms with van der Waals surface area (Å²) in [5, 5.41) is 23.3. The van der Waals surface area contributed by atoms with Crippen molar-refractivity contribution in [1.82, 2.24) is 19.5 Å². The number of aliphatic imine (C=N–C) groups is 1. The number of carboxylic acid groups (broad SMARTS) is 2. The fourth-order valence-electron chi connectivity index (χ4n) is 4.21. The first kappa shape index (κ1) is 59.3. The van der Waals surface area contributed by atoms with E-state index < -0.39 is 11.9 Å². The van der Waals surface area contributed by atoms with E-state index in [0.717, 1.165) is 62.2 Å². The Kier molecular flexibility index (Phi) is 36.0. The van der Waals surface area contributed by atoms with Crippen LogP contribution in [0.15, 0.2) is 172 Å². The molecule has 3 heterocycles. The Morgan fingerprint density at radius 2 is 1.20 bits per heavy atom. The molecule has 18 heteroatoms. The average molecular weight is 1260 g/mol. The molecule has 0 atom stereocenters. The SMILES string of the molecule is Brc1ccccc1Br.CC(=O)O.CC(=O)O.NC(=Nc1ccccc1)c1cccnc1.O=CO[O-].[Cs+].[Cs+].[H-].[Pd].c1ccc(-n2c(-c3cccnc3)nc3ccccc32)cc1. The Morgan fingerprint density at radius 1 is 0.746 bits per heavy atom. The number of pyridine rings is 2. The molecule has 300 valence electrons. The van der Waals surface area contributed by atoms with Crippen LogP contribution in [0.25, 0.3) is 28.1 Å². The summed E-state index contributed by atoms with van der Waals surface area (Å²) in [6.45, 7) is 1.99. The number of carbonyl (C=O) groups is 3. The fraction of sp³-hybridized carbons (Fsp3) is 0.0488. The third-order valence-electron chi connectivity index (χ3n) is 6.32. The standard InChI is InChI=1S/C18H13N3.C12H11N3.C6H4Br2.2C2H4O2.CH2O3.2Cs.Pd.H/c1-2-8-15(9-3-1)21-17-11-5-4-10-16(17)20-18(21)14-7-6-12-19-13-14;13-12(10-5-4-8-14-9-10)15-11-6-2-1-3-7-11;7-5-3-1-2-4-6(5)8;2*1-2(3)4;2-1-4-3;;;;/h1-13H;1-9H,(H2,13,15);1-4H;2*1H3,(H,3,4);1,3H;;;;/q;;;;;;2*+1;;-1/p-1. The van der Waals surface area contributed by atoms with Gasteiger partial charge in [0, 0.05) is 84.8 Å². The van der Waals surface area contributed by atoms with Crippen molar-refractivity contribution in [1.29, 1.82) is 0 Å². The van der Waals surface area contributed by atoms with E-state index >= 15 is 0 Å². The normalized spacial score (nSPS) is 9.20. The number of aromatic nitrogens is 4. The van der Waals surface area contributed by atoms with Gasteiger partial charge in [-0.2, -0.15) is 0 Å². The molecule has 4 N–H and O–H groups in total. The summed E-state index contributed by atoms with van der Waals surface area (Å²) in [7, 11) is 0. The molecule has 0 spiro atoms. The van der Waals surface area contributed by atoms with Gasteiger partial charge in [-0.15, -0.1) is 0 Å². The Morgan fingerprint density at radius 3 is 1.66 bits per heavy atom. The Labute approximate surface area is 491 Å². The topological polar surface area (TPSA) is 206 Å². The van der Waals surface area contributed by atoms with E-state index in [2.05, 4.69) is 74.5 Å². The molecule has 7 rings (SSSR count). The average Bonchev–Trinajstić information content (AvgIpc) is 3.60. The van der Waals surface area contributed by atoms with Gasteiger partial charge < -0.3 is 27.5 Å². The van der Waals surface area contributed by atoms with Gasteiger partial charge in [0.15, 0.2) is 0 Å². The van der Waals surface area contributed by atoms with Gasteiger partial charge in [-0.05, 0) is 105 Å². The second-order valence-corrected chi connectivity index (χ2v) is 12.3.